The highest BCUT2D eigenvalue weighted by atomic mass is 79.9. The molecule has 2 aliphatic heterocycles. The molecule has 2 aromatic rings. The third-order valence-corrected chi connectivity index (χ3v) is 5.26. The Balaban J connectivity index is 1.43. The molecule has 2 aliphatic rings. The van der Waals surface area contributed by atoms with E-state index in [9.17, 15) is 0 Å². The molecule has 1 aromatic heterocycles. The Labute approximate surface area is 151 Å². The van der Waals surface area contributed by atoms with E-state index < -0.39 is 0 Å². The van der Waals surface area contributed by atoms with Crippen LogP contribution in [0.5, 0.6) is 0 Å². The average molecular weight is 388 g/mol. The van der Waals surface area contributed by atoms with Gasteiger partial charge in [-0.25, -0.2) is 4.98 Å². The largest absolute Gasteiger partial charge is 0.355 e. The summed E-state index contributed by atoms with van der Waals surface area (Å²) in [5, 5.41) is 3.31. The van der Waals surface area contributed by atoms with Gasteiger partial charge in [0.2, 0.25) is 5.95 Å². The topological polar surface area (TPSA) is 44.3 Å². The van der Waals surface area contributed by atoms with Gasteiger partial charge < -0.3 is 10.2 Å². The lowest BCUT2D eigenvalue weighted by atomic mass is 10.2. The number of anilines is 3. The summed E-state index contributed by atoms with van der Waals surface area (Å²) in [7, 11) is 0. The summed E-state index contributed by atoms with van der Waals surface area (Å²) < 4.78 is 0.953. The van der Waals surface area contributed by atoms with Gasteiger partial charge in [0, 0.05) is 31.5 Å². The van der Waals surface area contributed by atoms with Gasteiger partial charge in [-0.3, -0.25) is 4.90 Å². The predicted molar refractivity (Wildman–Crippen MR) is 101 cm³/mol. The second-order valence-corrected chi connectivity index (χ2v) is 7.37. The molecule has 0 radical (unpaired) electrons. The molecule has 5 nitrogen and oxygen atoms in total. The number of nitrogens with one attached hydrogen (secondary N) is 1. The SMILES string of the molecule is Brc1cnc(Nc2ccc(CN3CCCC3)cc2)nc1N1CCC1. The van der Waals surface area contributed by atoms with Gasteiger partial charge in [0.05, 0.1) is 4.47 Å². The van der Waals surface area contributed by atoms with Gasteiger partial charge in [-0.1, -0.05) is 12.1 Å². The Morgan fingerprint density at radius 2 is 1.75 bits per heavy atom. The van der Waals surface area contributed by atoms with Crippen LogP contribution in [-0.4, -0.2) is 41.0 Å². The van der Waals surface area contributed by atoms with Gasteiger partial charge in [0.15, 0.2) is 0 Å². The van der Waals surface area contributed by atoms with Crippen molar-refractivity contribution in [2.75, 3.05) is 36.4 Å². The summed E-state index contributed by atoms with van der Waals surface area (Å²) in [6.07, 6.45) is 5.72. The standard InChI is InChI=1S/C18H22BrN5/c19-16-12-20-18(22-17(16)24-10-3-11-24)21-15-6-4-14(5-7-15)13-23-8-1-2-9-23/h4-7,12H,1-3,8-11,13H2,(H,20,21,22). The summed E-state index contributed by atoms with van der Waals surface area (Å²) in [6.45, 7) is 5.65. The van der Waals surface area contributed by atoms with Crippen LogP contribution in [0.15, 0.2) is 34.9 Å². The quantitative estimate of drug-likeness (QED) is 0.845. The van der Waals surface area contributed by atoms with E-state index in [-0.39, 0.29) is 0 Å². The molecule has 1 aromatic carbocycles. The Morgan fingerprint density at radius 3 is 2.42 bits per heavy atom. The van der Waals surface area contributed by atoms with Crippen molar-refractivity contribution in [3.63, 3.8) is 0 Å². The number of aromatic nitrogens is 2. The smallest absolute Gasteiger partial charge is 0.229 e. The lowest BCUT2D eigenvalue weighted by Gasteiger charge is -2.32. The molecule has 0 spiro atoms. The molecule has 0 saturated carbocycles. The molecule has 0 atom stereocenters. The fourth-order valence-electron chi connectivity index (χ4n) is 3.19. The van der Waals surface area contributed by atoms with Gasteiger partial charge in [0.1, 0.15) is 5.82 Å². The number of hydrogen-bond donors (Lipinski definition) is 1. The van der Waals surface area contributed by atoms with E-state index in [0.717, 1.165) is 35.6 Å². The fourth-order valence-corrected chi connectivity index (χ4v) is 3.63. The first kappa shape index (κ1) is 15.8. The van der Waals surface area contributed by atoms with Crippen LogP contribution in [0, 0.1) is 0 Å². The van der Waals surface area contributed by atoms with E-state index in [1.807, 2.05) is 6.20 Å². The summed E-state index contributed by atoms with van der Waals surface area (Å²) in [5.41, 5.74) is 2.39. The molecular formula is C18H22BrN5. The number of benzene rings is 1. The highest BCUT2D eigenvalue weighted by molar-refractivity contribution is 9.10. The highest BCUT2D eigenvalue weighted by Crippen LogP contribution is 2.28. The Hall–Kier alpha value is -1.66. The monoisotopic (exact) mass is 387 g/mol. The van der Waals surface area contributed by atoms with Crippen molar-refractivity contribution < 1.29 is 0 Å². The minimum atomic E-state index is 0.646. The average Bonchev–Trinajstić information content (AvgIpc) is 3.04. The van der Waals surface area contributed by atoms with Crippen molar-refractivity contribution in [1.29, 1.82) is 0 Å². The molecule has 4 rings (SSSR count). The summed E-state index contributed by atoms with van der Waals surface area (Å²) in [4.78, 5) is 13.8. The van der Waals surface area contributed by atoms with Gasteiger partial charge in [-0.15, -0.1) is 0 Å². The molecule has 0 unspecified atom stereocenters. The number of nitrogens with zero attached hydrogens (tertiary/aromatic N) is 4. The van der Waals surface area contributed by atoms with Crippen LogP contribution >= 0.6 is 15.9 Å². The first-order valence-corrected chi connectivity index (χ1v) is 9.43. The summed E-state index contributed by atoms with van der Waals surface area (Å²) in [5.74, 6) is 1.62. The van der Waals surface area contributed by atoms with Crippen molar-refractivity contribution in [3.8, 4) is 0 Å². The second-order valence-electron chi connectivity index (χ2n) is 6.51. The maximum atomic E-state index is 4.64. The normalized spacial score (nSPS) is 17.8. The third kappa shape index (κ3) is 3.54. The Bertz CT molecular complexity index is 693. The zero-order valence-electron chi connectivity index (χ0n) is 13.7. The van der Waals surface area contributed by atoms with Crippen LogP contribution in [0.4, 0.5) is 17.5 Å². The molecule has 0 bridgehead atoms. The van der Waals surface area contributed by atoms with E-state index in [4.69, 9.17) is 0 Å². The highest BCUT2D eigenvalue weighted by Gasteiger charge is 2.19. The van der Waals surface area contributed by atoms with E-state index in [1.54, 1.807) is 0 Å². The number of likely N-dealkylation sites (tertiary alicyclic amines) is 1. The zero-order valence-corrected chi connectivity index (χ0v) is 15.3. The van der Waals surface area contributed by atoms with Gasteiger partial charge in [-0.2, -0.15) is 4.98 Å². The molecule has 24 heavy (non-hydrogen) atoms. The van der Waals surface area contributed by atoms with Crippen LogP contribution in [0.25, 0.3) is 0 Å². The number of halogens is 1. The van der Waals surface area contributed by atoms with Crippen molar-refractivity contribution in [2.24, 2.45) is 0 Å². The minimum Gasteiger partial charge on any atom is -0.355 e. The molecule has 1 N–H and O–H groups in total. The number of rotatable bonds is 5. The van der Waals surface area contributed by atoms with E-state index in [1.165, 1.54) is 37.9 Å². The first-order valence-electron chi connectivity index (χ1n) is 8.64. The lowest BCUT2D eigenvalue weighted by Crippen LogP contribution is -2.38. The molecule has 3 heterocycles. The molecule has 2 saturated heterocycles. The van der Waals surface area contributed by atoms with Gasteiger partial charge >= 0.3 is 0 Å². The molecule has 6 heteroatoms. The first-order chi connectivity index (χ1) is 11.8. The lowest BCUT2D eigenvalue weighted by molar-refractivity contribution is 0.331. The second kappa shape index (κ2) is 7.07. The summed E-state index contributed by atoms with van der Waals surface area (Å²) >= 11 is 3.54. The number of hydrogen-bond acceptors (Lipinski definition) is 5. The molecule has 2 fully saturated rings. The van der Waals surface area contributed by atoms with Crippen LogP contribution in [0.2, 0.25) is 0 Å². The van der Waals surface area contributed by atoms with Crippen molar-refractivity contribution in [3.05, 3.63) is 40.5 Å². The predicted octanol–water partition coefficient (Wildman–Crippen LogP) is 3.79. The Morgan fingerprint density at radius 1 is 1.00 bits per heavy atom. The van der Waals surface area contributed by atoms with Crippen LogP contribution < -0.4 is 10.2 Å². The minimum absolute atomic E-state index is 0.646. The van der Waals surface area contributed by atoms with Crippen LogP contribution in [0.1, 0.15) is 24.8 Å². The van der Waals surface area contributed by atoms with E-state index >= 15 is 0 Å². The molecule has 0 amide bonds. The van der Waals surface area contributed by atoms with Crippen molar-refractivity contribution in [2.45, 2.75) is 25.8 Å². The fraction of sp³-hybridized carbons (Fsp3) is 0.444. The maximum absolute atomic E-state index is 4.64. The van der Waals surface area contributed by atoms with Crippen LogP contribution in [-0.2, 0) is 6.54 Å². The molecular weight excluding hydrogens is 366 g/mol. The maximum Gasteiger partial charge on any atom is 0.229 e. The van der Waals surface area contributed by atoms with Crippen molar-refractivity contribution >= 4 is 33.4 Å². The van der Waals surface area contributed by atoms with Crippen molar-refractivity contribution in [1.82, 2.24) is 14.9 Å². The molecule has 126 valence electrons. The van der Waals surface area contributed by atoms with Gasteiger partial charge in [-0.05, 0) is 66.0 Å². The van der Waals surface area contributed by atoms with E-state index in [0.29, 0.717) is 5.95 Å². The van der Waals surface area contributed by atoms with E-state index in [2.05, 4.69) is 65.3 Å². The Kier molecular flexibility index (Phi) is 4.67. The third-order valence-electron chi connectivity index (χ3n) is 4.70. The molecule has 0 aliphatic carbocycles. The zero-order chi connectivity index (χ0) is 16.4. The van der Waals surface area contributed by atoms with Crippen LogP contribution in [0.3, 0.4) is 0 Å². The van der Waals surface area contributed by atoms with Gasteiger partial charge in [0.25, 0.3) is 0 Å². The summed E-state index contributed by atoms with van der Waals surface area (Å²) in [6, 6.07) is 8.60.